The molecule has 0 radical (unpaired) electrons. The lowest BCUT2D eigenvalue weighted by Gasteiger charge is -2.29. The molecule has 2 atom stereocenters. The van der Waals surface area contributed by atoms with Crippen LogP contribution in [0.2, 0.25) is 0 Å². The third-order valence-corrected chi connectivity index (χ3v) is 5.54. The van der Waals surface area contributed by atoms with E-state index in [2.05, 4.69) is 21.4 Å². The number of fused-ring (bicyclic) bond motifs is 1. The Balaban J connectivity index is 1.31. The van der Waals surface area contributed by atoms with Crippen LogP contribution < -0.4 is 5.32 Å². The number of carbonyl (C=O) groups is 1. The van der Waals surface area contributed by atoms with Crippen LogP contribution in [0.5, 0.6) is 0 Å². The predicted octanol–water partition coefficient (Wildman–Crippen LogP) is 2.61. The lowest BCUT2D eigenvalue weighted by Crippen LogP contribution is -2.39. The van der Waals surface area contributed by atoms with Gasteiger partial charge in [0.15, 0.2) is 0 Å². The van der Waals surface area contributed by atoms with Gasteiger partial charge in [0.1, 0.15) is 0 Å². The summed E-state index contributed by atoms with van der Waals surface area (Å²) in [5.41, 5.74) is 2.38. The minimum atomic E-state index is 0.226. The molecule has 1 aliphatic carbocycles. The van der Waals surface area contributed by atoms with Crippen LogP contribution in [0.15, 0.2) is 30.6 Å². The van der Waals surface area contributed by atoms with Gasteiger partial charge in [-0.15, -0.1) is 0 Å². The number of aromatic nitrogens is 2. The molecular formula is C19H26N4O. The van der Waals surface area contributed by atoms with Crippen molar-refractivity contribution in [2.45, 2.75) is 51.1 Å². The molecule has 5 heteroatoms. The minimum absolute atomic E-state index is 0.226. The van der Waals surface area contributed by atoms with E-state index in [1.807, 2.05) is 29.0 Å². The number of amides is 1. The molecule has 0 unspecified atom stereocenters. The first kappa shape index (κ1) is 15.6. The summed E-state index contributed by atoms with van der Waals surface area (Å²) < 4.78 is 1.91. The zero-order valence-electron chi connectivity index (χ0n) is 14.2. The number of carbonyl (C=O) groups excluding carboxylic acids is 1. The Morgan fingerprint density at radius 2 is 2.08 bits per heavy atom. The van der Waals surface area contributed by atoms with Crippen LogP contribution in [0.4, 0.5) is 0 Å². The number of likely N-dealkylation sites (tertiary alicyclic amines) is 1. The van der Waals surface area contributed by atoms with Crippen LogP contribution >= 0.6 is 0 Å². The molecular weight excluding hydrogens is 300 g/mol. The molecule has 1 N–H and O–H groups in total. The molecule has 2 aromatic rings. The summed E-state index contributed by atoms with van der Waals surface area (Å²) in [6.45, 7) is 2.76. The number of nitrogens with zero attached hydrogens (tertiary/aromatic N) is 3. The first-order valence-electron chi connectivity index (χ1n) is 9.24. The molecule has 1 amide bonds. The van der Waals surface area contributed by atoms with Crippen molar-refractivity contribution in [3.05, 3.63) is 36.2 Å². The maximum absolute atomic E-state index is 12.6. The van der Waals surface area contributed by atoms with E-state index in [9.17, 15) is 4.79 Å². The van der Waals surface area contributed by atoms with Gasteiger partial charge in [0.2, 0.25) is 5.91 Å². The van der Waals surface area contributed by atoms with Gasteiger partial charge in [0.25, 0.3) is 0 Å². The fourth-order valence-electron chi connectivity index (χ4n) is 4.14. The van der Waals surface area contributed by atoms with Gasteiger partial charge < -0.3 is 10.2 Å². The van der Waals surface area contributed by atoms with E-state index in [0.29, 0.717) is 11.9 Å². The summed E-state index contributed by atoms with van der Waals surface area (Å²) in [5.74, 6) is 0.625. The molecule has 1 saturated heterocycles. The van der Waals surface area contributed by atoms with E-state index in [1.54, 1.807) is 0 Å². The Morgan fingerprint density at radius 3 is 2.96 bits per heavy atom. The smallest absolute Gasteiger partial charge is 0.225 e. The molecule has 2 aliphatic rings. The second-order valence-corrected chi connectivity index (χ2v) is 7.17. The predicted molar refractivity (Wildman–Crippen MR) is 93.6 cm³/mol. The van der Waals surface area contributed by atoms with Crippen LogP contribution in [0.3, 0.4) is 0 Å². The molecule has 0 spiro atoms. The molecule has 1 saturated carbocycles. The summed E-state index contributed by atoms with van der Waals surface area (Å²) in [6, 6.07) is 6.58. The van der Waals surface area contributed by atoms with Crippen LogP contribution in [-0.4, -0.2) is 39.6 Å². The first-order valence-corrected chi connectivity index (χ1v) is 9.24. The van der Waals surface area contributed by atoms with Crippen LogP contribution in [-0.2, 0) is 11.3 Å². The summed E-state index contributed by atoms with van der Waals surface area (Å²) >= 11 is 0. The minimum Gasteiger partial charge on any atom is -0.342 e. The van der Waals surface area contributed by atoms with Crippen LogP contribution in [0.25, 0.3) is 5.52 Å². The summed E-state index contributed by atoms with van der Waals surface area (Å²) in [5, 5.41) is 8.02. The molecule has 0 bridgehead atoms. The topological polar surface area (TPSA) is 49.6 Å². The van der Waals surface area contributed by atoms with Crippen molar-refractivity contribution >= 4 is 11.4 Å². The first-order chi connectivity index (χ1) is 11.8. The molecule has 2 fully saturated rings. The Kier molecular flexibility index (Phi) is 4.52. The van der Waals surface area contributed by atoms with Gasteiger partial charge >= 0.3 is 0 Å². The van der Waals surface area contributed by atoms with Crippen molar-refractivity contribution in [2.75, 3.05) is 13.1 Å². The van der Waals surface area contributed by atoms with Crippen molar-refractivity contribution in [1.82, 2.24) is 19.8 Å². The SMILES string of the molecule is O=C([C@@H]1CC[C@H](NCc2cnn3ccccc23)C1)N1CCCCC1. The van der Waals surface area contributed by atoms with E-state index in [1.165, 1.54) is 24.8 Å². The molecule has 128 valence electrons. The van der Waals surface area contributed by atoms with Crippen molar-refractivity contribution in [2.24, 2.45) is 5.92 Å². The van der Waals surface area contributed by atoms with Gasteiger partial charge in [-0.05, 0) is 50.7 Å². The lowest BCUT2D eigenvalue weighted by atomic mass is 10.0. The lowest BCUT2D eigenvalue weighted by molar-refractivity contribution is -0.136. The zero-order chi connectivity index (χ0) is 16.4. The molecule has 2 aromatic heterocycles. The van der Waals surface area contributed by atoms with Gasteiger partial charge in [-0.2, -0.15) is 5.10 Å². The number of hydrogen-bond donors (Lipinski definition) is 1. The van der Waals surface area contributed by atoms with Crippen molar-refractivity contribution < 1.29 is 4.79 Å². The average molecular weight is 326 g/mol. The van der Waals surface area contributed by atoms with E-state index >= 15 is 0 Å². The number of hydrogen-bond acceptors (Lipinski definition) is 3. The second-order valence-electron chi connectivity index (χ2n) is 7.17. The largest absolute Gasteiger partial charge is 0.342 e. The highest BCUT2D eigenvalue weighted by molar-refractivity contribution is 5.79. The second kappa shape index (κ2) is 6.93. The fourth-order valence-corrected chi connectivity index (χ4v) is 4.14. The molecule has 3 heterocycles. The maximum Gasteiger partial charge on any atom is 0.225 e. The highest BCUT2D eigenvalue weighted by Gasteiger charge is 2.32. The van der Waals surface area contributed by atoms with Gasteiger partial charge in [0, 0.05) is 43.4 Å². The Hall–Kier alpha value is -1.88. The maximum atomic E-state index is 12.6. The monoisotopic (exact) mass is 326 g/mol. The van der Waals surface area contributed by atoms with Crippen LogP contribution in [0, 0.1) is 5.92 Å². The van der Waals surface area contributed by atoms with Crippen LogP contribution in [0.1, 0.15) is 44.1 Å². The third kappa shape index (κ3) is 3.18. The summed E-state index contributed by atoms with van der Waals surface area (Å²) in [6.07, 6.45) is 10.6. The van der Waals surface area contributed by atoms with Gasteiger partial charge in [-0.1, -0.05) is 6.07 Å². The summed E-state index contributed by atoms with van der Waals surface area (Å²) in [7, 11) is 0. The molecule has 0 aromatic carbocycles. The molecule has 5 nitrogen and oxygen atoms in total. The quantitative estimate of drug-likeness (QED) is 0.939. The average Bonchev–Trinajstić information content (AvgIpc) is 3.27. The van der Waals surface area contributed by atoms with E-state index in [-0.39, 0.29) is 5.92 Å². The number of rotatable bonds is 4. The highest BCUT2D eigenvalue weighted by Crippen LogP contribution is 2.28. The van der Waals surface area contributed by atoms with Crippen molar-refractivity contribution in [3.8, 4) is 0 Å². The van der Waals surface area contributed by atoms with Crippen molar-refractivity contribution in [3.63, 3.8) is 0 Å². The Morgan fingerprint density at radius 1 is 1.21 bits per heavy atom. The Bertz CT molecular complexity index is 704. The normalized spacial score (nSPS) is 24.6. The Labute approximate surface area is 143 Å². The van der Waals surface area contributed by atoms with E-state index < -0.39 is 0 Å². The zero-order valence-corrected chi connectivity index (χ0v) is 14.2. The van der Waals surface area contributed by atoms with E-state index in [4.69, 9.17) is 0 Å². The standard InChI is InChI=1S/C19H26N4O/c24-19(22-9-3-1-4-10-22)15-7-8-17(12-15)20-13-16-14-21-23-11-5-2-6-18(16)23/h2,5-6,11,14-15,17,20H,1,3-4,7-10,12-13H2/t15-,17+/m1/s1. The summed E-state index contributed by atoms with van der Waals surface area (Å²) in [4.78, 5) is 14.7. The highest BCUT2D eigenvalue weighted by atomic mass is 16.2. The third-order valence-electron chi connectivity index (χ3n) is 5.54. The molecule has 4 rings (SSSR count). The molecule has 24 heavy (non-hydrogen) atoms. The number of nitrogens with one attached hydrogen (secondary N) is 1. The van der Waals surface area contributed by atoms with Gasteiger partial charge in [-0.25, -0.2) is 4.52 Å². The van der Waals surface area contributed by atoms with Gasteiger partial charge in [-0.3, -0.25) is 4.79 Å². The van der Waals surface area contributed by atoms with Gasteiger partial charge in [0.05, 0.1) is 11.7 Å². The van der Waals surface area contributed by atoms with Crippen molar-refractivity contribution in [1.29, 1.82) is 0 Å². The fraction of sp³-hybridized carbons (Fsp3) is 0.579. The number of pyridine rings is 1. The van der Waals surface area contributed by atoms with E-state index in [0.717, 1.165) is 44.4 Å². The molecule has 1 aliphatic heterocycles. The number of piperidine rings is 1.